The highest BCUT2D eigenvalue weighted by Crippen LogP contribution is 2.24. The average Bonchev–Trinajstić information content (AvgIpc) is 2.89. The van der Waals surface area contributed by atoms with Crippen molar-refractivity contribution in [1.82, 2.24) is 14.7 Å². The van der Waals surface area contributed by atoms with Crippen LogP contribution in [0.15, 0.2) is 6.07 Å². The summed E-state index contributed by atoms with van der Waals surface area (Å²) < 4.78 is 1.81. The summed E-state index contributed by atoms with van der Waals surface area (Å²) in [7, 11) is 0. The van der Waals surface area contributed by atoms with Gasteiger partial charge in [0.2, 0.25) is 0 Å². The van der Waals surface area contributed by atoms with E-state index in [1.165, 1.54) is 0 Å². The molecule has 1 aliphatic rings. The number of carbonyl (C=O) groups is 1. The fourth-order valence-corrected chi connectivity index (χ4v) is 2.95. The van der Waals surface area contributed by atoms with Crippen LogP contribution in [0.4, 0.5) is 0 Å². The molecule has 5 nitrogen and oxygen atoms in total. The maximum atomic E-state index is 12.8. The van der Waals surface area contributed by atoms with Crippen LogP contribution in [0, 0.1) is 5.92 Å². The molecule has 1 amide bonds. The number of carbonyl (C=O) groups excluding carboxylic acids is 1. The molecule has 0 saturated carbocycles. The second-order valence-electron chi connectivity index (χ2n) is 5.71. The lowest BCUT2D eigenvalue weighted by atomic mass is 9.92. The summed E-state index contributed by atoms with van der Waals surface area (Å²) in [6.07, 6.45) is 2.91. The smallest absolute Gasteiger partial charge is 0.272 e. The number of hydrogen-bond acceptors (Lipinski definition) is 3. The minimum atomic E-state index is 0.0846. The molecule has 2 N–H and O–H groups in total. The van der Waals surface area contributed by atoms with Crippen molar-refractivity contribution in [2.24, 2.45) is 11.7 Å². The Hall–Kier alpha value is -1.36. The predicted molar refractivity (Wildman–Crippen MR) is 79.6 cm³/mol. The maximum absolute atomic E-state index is 12.8. The van der Waals surface area contributed by atoms with Crippen LogP contribution in [-0.2, 0) is 13.0 Å². The maximum Gasteiger partial charge on any atom is 0.272 e. The average molecular weight is 278 g/mol. The van der Waals surface area contributed by atoms with Crippen LogP contribution in [0.2, 0.25) is 0 Å². The first kappa shape index (κ1) is 15.0. The van der Waals surface area contributed by atoms with Gasteiger partial charge in [0.25, 0.3) is 5.91 Å². The van der Waals surface area contributed by atoms with E-state index >= 15 is 0 Å². The predicted octanol–water partition coefficient (Wildman–Crippen LogP) is 1.66. The number of aryl methyl sites for hydroxylation is 2. The normalized spacial score (nSPS) is 23.1. The lowest BCUT2D eigenvalue weighted by molar-refractivity contribution is 0.0561. The van der Waals surface area contributed by atoms with Crippen molar-refractivity contribution < 1.29 is 4.79 Å². The Kier molecular flexibility index (Phi) is 4.81. The van der Waals surface area contributed by atoms with E-state index in [1.54, 1.807) is 0 Å². The lowest BCUT2D eigenvalue weighted by Crippen LogP contribution is -2.49. The second-order valence-corrected chi connectivity index (χ2v) is 5.71. The standard InChI is InChI=1S/C15H26N4O/c1-4-12-9-14(19(5-2)17-12)15(20)18-7-6-11(3)8-13(18)10-16/h9,11,13H,4-8,10,16H2,1-3H3. The molecule has 2 heterocycles. The van der Waals surface area contributed by atoms with Crippen LogP contribution in [0.1, 0.15) is 49.8 Å². The zero-order chi connectivity index (χ0) is 14.7. The van der Waals surface area contributed by atoms with E-state index in [4.69, 9.17) is 5.73 Å². The first-order chi connectivity index (χ1) is 9.60. The Morgan fingerprint density at radius 2 is 2.25 bits per heavy atom. The van der Waals surface area contributed by atoms with Crippen LogP contribution in [-0.4, -0.2) is 39.7 Å². The molecule has 0 radical (unpaired) electrons. The molecule has 0 aliphatic carbocycles. The quantitative estimate of drug-likeness (QED) is 0.911. The van der Waals surface area contributed by atoms with Crippen LogP contribution in [0.5, 0.6) is 0 Å². The van der Waals surface area contributed by atoms with Crippen molar-refractivity contribution in [2.45, 2.75) is 52.6 Å². The second kappa shape index (κ2) is 6.39. The van der Waals surface area contributed by atoms with E-state index in [1.807, 2.05) is 22.6 Å². The van der Waals surface area contributed by atoms with E-state index in [0.717, 1.165) is 38.0 Å². The number of nitrogens with two attached hydrogens (primary N) is 1. The minimum absolute atomic E-state index is 0.0846. The van der Waals surface area contributed by atoms with Gasteiger partial charge in [-0.3, -0.25) is 9.48 Å². The van der Waals surface area contributed by atoms with E-state index < -0.39 is 0 Å². The molecule has 0 aromatic carbocycles. The largest absolute Gasteiger partial charge is 0.333 e. The molecule has 20 heavy (non-hydrogen) atoms. The zero-order valence-electron chi connectivity index (χ0n) is 12.8. The van der Waals surface area contributed by atoms with Gasteiger partial charge in [-0.25, -0.2) is 0 Å². The van der Waals surface area contributed by atoms with Crippen molar-refractivity contribution in [3.63, 3.8) is 0 Å². The number of rotatable bonds is 4. The molecule has 112 valence electrons. The first-order valence-electron chi connectivity index (χ1n) is 7.68. The Morgan fingerprint density at radius 1 is 1.50 bits per heavy atom. The molecular formula is C15H26N4O. The van der Waals surface area contributed by atoms with Crippen LogP contribution < -0.4 is 5.73 Å². The number of likely N-dealkylation sites (tertiary alicyclic amines) is 1. The van der Waals surface area contributed by atoms with Crippen molar-refractivity contribution in [2.75, 3.05) is 13.1 Å². The molecule has 0 spiro atoms. The molecule has 2 atom stereocenters. The highest BCUT2D eigenvalue weighted by molar-refractivity contribution is 5.93. The number of hydrogen-bond donors (Lipinski definition) is 1. The van der Waals surface area contributed by atoms with E-state index in [-0.39, 0.29) is 11.9 Å². The first-order valence-corrected chi connectivity index (χ1v) is 7.68. The van der Waals surface area contributed by atoms with E-state index in [9.17, 15) is 4.79 Å². The minimum Gasteiger partial charge on any atom is -0.333 e. The Balaban J connectivity index is 2.23. The summed E-state index contributed by atoms with van der Waals surface area (Å²) in [5, 5.41) is 4.47. The van der Waals surface area contributed by atoms with Crippen LogP contribution in [0.3, 0.4) is 0 Å². The highest BCUT2D eigenvalue weighted by atomic mass is 16.2. The fourth-order valence-electron chi connectivity index (χ4n) is 2.95. The summed E-state index contributed by atoms with van der Waals surface area (Å²) in [4.78, 5) is 14.7. The Morgan fingerprint density at radius 3 is 2.85 bits per heavy atom. The van der Waals surface area contributed by atoms with Gasteiger partial charge >= 0.3 is 0 Å². The van der Waals surface area contributed by atoms with Gasteiger partial charge in [0, 0.05) is 25.7 Å². The van der Waals surface area contributed by atoms with Crippen LogP contribution >= 0.6 is 0 Å². The fraction of sp³-hybridized carbons (Fsp3) is 0.733. The van der Waals surface area contributed by atoms with Gasteiger partial charge < -0.3 is 10.6 Å². The SMILES string of the molecule is CCc1cc(C(=O)N2CCC(C)CC2CN)n(CC)n1. The van der Waals surface area contributed by atoms with Gasteiger partial charge in [0.1, 0.15) is 5.69 Å². The molecule has 1 aromatic heterocycles. The highest BCUT2D eigenvalue weighted by Gasteiger charge is 2.31. The molecule has 2 unspecified atom stereocenters. The molecule has 1 fully saturated rings. The summed E-state index contributed by atoms with van der Waals surface area (Å²) in [6.45, 7) is 8.37. The molecular weight excluding hydrogens is 252 g/mol. The third-order valence-electron chi connectivity index (χ3n) is 4.22. The van der Waals surface area contributed by atoms with Gasteiger partial charge in [-0.1, -0.05) is 13.8 Å². The third-order valence-corrected chi connectivity index (χ3v) is 4.22. The zero-order valence-corrected chi connectivity index (χ0v) is 12.8. The molecule has 0 bridgehead atoms. The molecule has 1 saturated heterocycles. The molecule has 1 aromatic rings. The Bertz CT molecular complexity index is 468. The van der Waals surface area contributed by atoms with E-state index in [2.05, 4.69) is 18.9 Å². The number of nitrogens with zero attached hydrogens (tertiary/aromatic N) is 3. The Labute approximate surface area is 121 Å². The molecule has 1 aliphatic heterocycles. The van der Waals surface area contributed by atoms with E-state index in [0.29, 0.717) is 18.2 Å². The number of aromatic nitrogens is 2. The van der Waals surface area contributed by atoms with Crippen molar-refractivity contribution in [3.05, 3.63) is 17.5 Å². The van der Waals surface area contributed by atoms with Gasteiger partial charge in [0.15, 0.2) is 0 Å². The number of piperidine rings is 1. The lowest BCUT2D eigenvalue weighted by Gasteiger charge is -2.37. The number of amides is 1. The van der Waals surface area contributed by atoms with Gasteiger partial charge in [-0.15, -0.1) is 0 Å². The van der Waals surface area contributed by atoms with Gasteiger partial charge in [-0.2, -0.15) is 5.10 Å². The van der Waals surface area contributed by atoms with Crippen molar-refractivity contribution >= 4 is 5.91 Å². The molecule has 5 heteroatoms. The monoisotopic (exact) mass is 278 g/mol. The summed E-state index contributed by atoms with van der Waals surface area (Å²) >= 11 is 0. The van der Waals surface area contributed by atoms with Crippen molar-refractivity contribution in [3.8, 4) is 0 Å². The molecule has 2 rings (SSSR count). The summed E-state index contributed by atoms with van der Waals surface area (Å²) in [5.74, 6) is 0.733. The topological polar surface area (TPSA) is 64.2 Å². The van der Waals surface area contributed by atoms with Gasteiger partial charge in [-0.05, 0) is 38.2 Å². The van der Waals surface area contributed by atoms with Gasteiger partial charge in [0.05, 0.1) is 5.69 Å². The third kappa shape index (κ3) is 2.87. The van der Waals surface area contributed by atoms with Crippen LogP contribution in [0.25, 0.3) is 0 Å². The summed E-state index contributed by atoms with van der Waals surface area (Å²) in [6, 6.07) is 2.09. The van der Waals surface area contributed by atoms with Crippen molar-refractivity contribution in [1.29, 1.82) is 0 Å². The summed E-state index contributed by atoms with van der Waals surface area (Å²) in [5.41, 5.74) is 7.54.